The summed E-state index contributed by atoms with van der Waals surface area (Å²) >= 11 is 10.4. The number of halogens is 2. The SMILES string of the molecule is NC(=O)C(OC(=O)c1ccc(Cn2cc(Cl)cn2)s1)c1ccc(Br)cc1. The first kappa shape index (κ1) is 18.6. The van der Waals surface area contributed by atoms with Crippen molar-refractivity contribution in [3.05, 3.63) is 73.6 Å². The number of aromatic nitrogens is 2. The molecule has 2 N–H and O–H groups in total. The minimum Gasteiger partial charge on any atom is -0.443 e. The van der Waals surface area contributed by atoms with Crippen LogP contribution in [-0.2, 0) is 16.1 Å². The van der Waals surface area contributed by atoms with E-state index in [4.69, 9.17) is 22.1 Å². The number of amides is 1. The van der Waals surface area contributed by atoms with Crippen molar-refractivity contribution in [2.45, 2.75) is 12.6 Å². The van der Waals surface area contributed by atoms with E-state index in [1.807, 2.05) is 0 Å². The predicted molar refractivity (Wildman–Crippen MR) is 102 cm³/mol. The smallest absolute Gasteiger partial charge is 0.349 e. The van der Waals surface area contributed by atoms with Crippen LogP contribution in [-0.4, -0.2) is 21.7 Å². The molecule has 3 rings (SSSR count). The third-order valence-corrected chi connectivity index (χ3v) is 5.21. The summed E-state index contributed by atoms with van der Waals surface area (Å²) in [6, 6.07) is 10.3. The first-order chi connectivity index (χ1) is 12.4. The van der Waals surface area contributed by atoms with Gasteiger partial charge in [0.05, 0.1) is 17.8 Å². The van der Waals surface area contributed by atoms with Crippen LogP contribution >= 0.6 is 38.9 Å². The molecule has 0 saturated heterocycles. The number of carbonyl (C=O) groups excluding carboxylic acids is 2. The number of hydrogen-bond acceptors (Lipinski definition) is 5. The fourth-order valence-corrected chi connectivity index (χ4v) is 3.55. The molecule has 3 aromatic rings. The molecular formula is C17H13BrClN3O3S. The van der Waals surface area contributed by atoms with Gasteiger partial charge in [-0.3, -0.25) is 9.48 Å². The van der Waals surface area contributed by atoms with E-state index < -0.39 is 18.0 Å². The normalized spacial score (nSPS) is 11.9. The average molecular weight is 455 g/mol. The van der Waals surface area contributed by atoms with Crippen LogP contribution in [0.15, 0.2) is 53.3 Å². The molecule has 0 saturated carbocycles. The molecule has 6 nitrogen and oxygen atoms in total. The number of esters is 1. The van der Waals surface area contributed by atoms with E-state index in [1.54, 1.807) is 53.5 Å². The molecule has 1 amide bonds. The van der Waals surface area contributed by atoms with Gasteiger partial charge in [0.1, 0.15) is 4.88 Å². The van der Waals surface area contributed by atoms with E-state index in [2.05, 4.69) is 21.0 Å². The highest BCUT2D eigenvalue weighted by molar-refractivity contribution is 9.10. The molecule has 0 bridgehead atoms. The fourth-order valence-electron chi connectivity index (χ4n) is 2.25. The largest absolute Gasteiger partial charge is 0.443 e. The summed E-state index contributed by atoms with van der Waals surface area (Å²) in [6.07, 6.45) is 2.08. The quantitative estimate of drug-likeness (QED) is 0.574. The van der Waals surface area contributed by atoms with Gasteiger partial charge in [-0.1, -0.05) is 39.7 Å². The van der Waals surface area contributed by atoms with Crippen molar-refractivity contribution in [2.75, 3.05) is 0 Å². The number of primary amides is 1. The second kappa shape index (κ2) is 8.03. The lowest BCUT2D eigenvalue weighted by molar-refractivity contribution is -0.127. The fraction of sp³-hybridized carbons (Fsp3) is 0.118. The number of ether oxygens (including phenoxy) is 1. The van der Waals surface area contributed by atoms with Crippen molar-refractivity contribution in [1.29, 1.82) is 0 Å². The maximum absolute atomic E-state index is 12.4. The molecule has 0 aliphatic heterocycles. The molecule has 26 heavy (non-hydrogen) atoms. The van der Waals surface area contributed by atoms with Crippen LogP contribution in [0.5, 0.6) is 0 Å². The van der Waals surface area contributed by atoms with Crippen LogP contribution in [0.2, 0.25) is 5.02 Å². The highest BCUT2D eigenvalue weighted by atomic mass is 79.9. The summed E-state index contributed by atoms with van der Waals surface area (Å²) in [4.78, 5) is 25.4. The number of thiophene rings is 1. The van der Waals surface area contributed by atoms with Crippen molar-refractivity contribution in [3.63, 3.8) is 0 Å². The zero-order chi connectivity index (χ0) is 18.7. The van der Waals surface area contributed by atoms with Gasteiger partial charge in [-0.15, -0.1) is 11.3 Å². The molecule has 9 heteroatoms. The number of nitrogens with two attached hydrogens (primary N) is 1. The van der Waals surface area contributed by atoms with E-state index in [0.717, 1.165) is 9.35 Å². The predicted octanol–water partition coefficient (Wildman–Crippen LogP) is 3.79. The molecule has 1 unspecified atom stereocenters. The van der Waals surface area contributed by atoms with Crippen LogP contribution in [0.4, 0.5) is 0 Å². The van der Waals surface area contributed by atoms with Crippen molar-refractivity contribution in [2.24, 2.45) is 5.73 Å². The Hall–Kier alpha value is -2.16. The van der Waals surface area contributed by atoms with Gasteiger partial charge in [0.15, 0.2) is 0 Å². The summed E-state index contributed by atoms with van der Waals surface area (Å²) in [5.41, 5.74) is 5.91. The number of hydrogen-bond donors (Lipinski definition) is 1. The molecule has 0 aliphatic carbocycles. The van der Waals surface area contributed by atoms with Gasteiger partial charge in [0, 0.05) is 21.1 Å². The van der Waals surface area contributed by atoms with Crippen LogP contribution < -0.4 is 5.73 Å². The highest BCUT2D eigenvalue weighted by Gasteiger charge is 2.24. The van der Waals surface area contributed by atoms with E-state index >= 15 is 0 Å². The molecule has 0 radical (unpaired) electrons. The number of benzene rings is 1. The summed E-state index contributed by atoms with van der Waals surface area (Å²) in [5, 5.41) is 4.64. The first-order valence-electron chi connectivity index (χ1n) is 7.45. The van der Waals surface area contributed by atoms with Gasteiger partial charge < -0.3 is 10.5 Å². The lowest BCUT2D eigenvalue weighted by Gasteiger charge is -2.14. The second-order valence-electron chi connectivity index (χ2n) is 5.36. The van der Waals surface area contributed by atoms with Crippen molar-refractivity contribution < 1.29 is 14.3 Å². The van der Waals surface area contributed by atoms with E-state index in [-0.39, 0.29) is 0 Å². The molecule has 134 valence electrons. The van der Waals surface area contributed by atoms with Gasteiger partial charge in [-0.25, -0.2) is 4.79 Å². The average Bonchev–Trinajstić information content (AvgIpc) is 3.23. The van der Waals surface area contributed by atoms with Crippen molar-refractivity contribution in [1.82, 2.24) is 9.78 Å². The summed E-state index contributed by atoms with van der Waals surface area (Å²) < 4.78 is 7.84. The van der Waals surface area contributed by atoms with E-state index in [0.29, 0.717) is 22.0 Å². The summed E-state index contributed by atoms with van der Waals surface area (Å²) in [6.45, 7) is 0.483. The lowest BCUT2D eigenvalue weighted by atomic mass is 10.1. The Balaban J connectivity index is 1.71. The summed E-state index contributed by atoms with van der Waals surface area (Å²) in [5.74, 6) is -1.34. The minimum atomic E-state index is -1.15. The van der Waals surface area contributed by atoms with Crippen molar-refractivity contribution >= 4 is 50.7 Å². The van der Waals surface area contributed by atoms with Crippen LogP contribution in [0, 0.1) is 0 Å². The van der Waals surface area contributed by atoms with E-state index in [1.165, 1.54) is 11.3 Å². The molecule has 0 aliphatic rings. The Labute approximate surface area is 166 Å². The maximum Gasteiger partial charge on any atom is 0.349 e. The molecule has 0 fully saturated rings. The van der Waals surface area contributed by atoms with E-state index in [9.17, 15) is 9.59 Å². The minimum absolute atomic E-state index is 0.376. The number of carbonyl (C=O) groups is 2. The molecule has 2 aromatic heterocycles. The second-order valence-corrected chi connectivity index (χ2v) is 7.88. The monoisotopic (exact) mass is 453 g/mol. The zero-order valence-corrected chi connectivity index (χ0v) is 16.4. The molecule has 0 spiro atoms. The standard InChI is InChI=1S/C17H13BrClN3O3S/c18-11-3-1-10(2-4-11)15(16(20)23)25-17(24)14-6-5-13(26-14)9-22-8-12(19)7-21-22/h1-8,15H,9H2,(H2,20,23). The topological polar surface area (TPSA) is 87.2 Å². The Morgan fingerprint density at radius 1 is 1.27 bits per heavy atom. The van der Waals surface area contributed by atoms with Crippen LogP contribution in [0.1, 0.15) is 26.2 Å². The Morgan fingerprint density at radius 3 is 2.62 bits per heavy atom. The van der Waals surface area contributed by atoms with Gasteiger partial charge >= 0.3 is 5.97 Å². The van der Waals surface area contributed by atoms with Crippen LogP contribution in [0.3, 0.4) is 0 Å². The first-order valence-corrected chi connectivity index (χ1v) is 9.43. The molecular weight excluding hydrogens is 442 g/mol. The van der Waals surface area contributed by atoms with Gasteiger partial charge in [0.25, 0.3) is 5.91 Å². The Morgan fingerprint density at radius 2 is 2.00 bits per heavy atom. The lowest BCUT2D eigenvalue weighted by Crippen LogP contribution is -2.26. The third-order valence-electron chi connectivity index (χ3n) is 3.44. The number of rotatable bonds is 6. The highest BCUT2D eigenvalue weighted by Crippen LogP contribution is 2.24. The van der Waals surface area contributed by atoms with Gasteiger partial charge in [0.2, 0.25) is 6.10 Å². The van der Waals surface area contributed by atoms with Gasteiger partial charge in [-0.2, -0.15) is 5.10 Å². The number of nitrogens with zero attached hydrogens (tertiary/aromatic N) is 2. The Kier molecular flexibility index (Phi) is 5.75. The third kappa shape index (κ3) is 4.51. The van der Waals surface area contributed by atoms with Gasteiger partial charge in [-0.05, 0) is 24.3 Å². The zero-order valence-electron chi connectivity index (χ0n) is 13.3. The molecule has 1 atom stereocenters. The summed E-state index contributed by atoms with van der Waals surface area (Å²) in [7, 11) is 0. The van der Waals surface area contributed by atoms with Crippen molar-refractivity contribution in [3.8, 4) is 0 Å². The molecule has 1 aromatic carbocycles. The maximum atomic E-state index is 12.4. The van der Waals surface area contributed by atoms with Crippen LogP contribution in [0.25, 0.3) is 0 Å². The Bertz CT molecular complexity index is 939. The molecule has 2 heterocycles.